The van der Waals surface area contributed by atoms with Gasteiger partial charge in [0.1, 0.15) is 5.69 Å². The Morgan fingerprint density at radius 1 is 1.19 bits per heavy atom. The first kappa shape index (κ1) is 19.1. The molecule has 26 heavy (non-hydrogen) atoms. The molecule has 0 bridgehead atoms. The number of nitrogens with one attached hydrogen (secondary N) is 1. The van der Waals surface area contributed by atoms with Crippen LogP contribution in [-0.4, -0.2) is 23.4 Å². The van der Waals surface area contributed by atoms with Gasteiger partial charge in [-0.2, -0.15) is 0 Å². The van der Waals surface area contributed by atoms with Crippen LogP contribution in [0.3, 0.4) is 0 Å². The number of hydrogen-bond donors (Lipinski definition) is 1. The molecule has 0 fully saturated rings. The molecule has 0 spiro atoms. The van der Waals surface area contributed by atoms with Crippen LogP contribution in [0.5, 0.6) is 0 Å². The lowest BCUT2D eigenvalue weighted by molar-refractivity contribution is -0.383. The van der Waals surface area contributed by atoms with Gasteiger partial charge in [0.25, 0.3) is 5.69 Å². The number of esters is 1. The van der Waals surface area contributed by atoms with Gasteiger partial charge >= 0.3 is 5.97 Å². The number of nitro groups is 1. The normalized spacial score (nSPS) is 10.2. The summed E-state index contributed by atoms with van der Waals surface area (Å²) in [5.41, 5.74) is 1.97. The Morgan fingerprint density at radius 3 is 2.58 bits per heavy atom. The first-order chi connectivity index (χ1) is 12.4. The number of carbonyl (C=O) groups is 2. The number of nitrogens with zero attached hydrogens (tertiary/aromatic N) is 1. The lowest BCUT2D eigenvalue weighted by Gasteiger charge is -2.09. The van der Waals surface area contributed by atoms with Crippen LogP contribution >= 0.6 is 0 Å². The minimum Gasteiger partial charge on any atom is -0.462 e. The van der Waals surface area contributed by atoms with Gasteiger partial charge in [0, 0.05) is 12.5 Å². The van der Waals surface area contributed by atoms with E-state index < -0.39 is 10.9 Å². The lowest BCUT2D eigenvalue weighted by atomic mass is 10.0. The molecule has 0 radical (unpaired) electrons. The average molecular weight is 356 g/mol. The Labute approximate surface area is 151 Å². The van der Waals surface area contributed by atoms with Crippen molar-refractivity contribution in [1.29, 1.82) is 0 Å². The molecular weight excluding hydrogens is 336 g/mol. The van der Waals surface area contributed by atoms with E-state index in [1.165, 1.54) is 18.2 Å². The molecule has 0 aliphatic heterocycles. The molecule has 0 saturated carbocycles. The van der Waals surface area contributed by atoms with Crippen molar-refractivity contribution in [3.63, 3.8) is 0 Å². The van der Waals surface area contributed by atoms with E-state index in [2.05, 4.69) is 5.32 Å². The molecule has 2 aromatic rings. The van der Waals surface area contributed by atoms with Crippen LogP contribution in [0.2, 0.25) is 0 Å². The summed E-state index contributed by atoms with van der Waals surface area (Å²) in [6, 6.07) is 11.5. The van der Waals surface area contributed by atoms with Crippen molar-refractivity contribution < 1.29 is 19.2 Å². The number of ether oxygens (including phenoxy) is 1. The first-order valence-electron chi connectivity index (χ1n) is 8.22. The predicted molar refractivity (Wildman–Crippen MR) is 97.2 cm³/mol. The largest absolute Gasteiger partial charge is 0.462 e. The molecule has 1 amide bonds. The number of hydrogen-bond acceptors (Lipinski definition) is 5. The van der Waals surface area contributed by atoms with Crippen molar-refractivity contribution >= 4 is 23.3 Å². The highest BCUT2D eigenvalue weighted by molar-refractivity contribution is 5.97. The molecular formula is C19H20N2O5. The summed E-state index contributed by atoms with van der Waals surface area (Å²) >= 11 is 0. The molecule has 0 heterocycles. The Balaban J connectivity index is 2.14. The number of benzene rings is 2. The highest BCUT2D eigenvalue weighted by atomic mass is 16.6. The molecule has 7 heteroatoms. The van der Waals surface area contributed by atoms with E-state index in [0.29, 0.717) is 6.42 Å². The van der Waals surface area contributed by atoms with Crippen molar-refractivity contribution in [3.05, 3.63) is 69.3 Å². The number of amides is 1. The summed E-state index contributed by atoms with van der Waals surface area (Å²) in [4.78, 5) is 34.6. The third-order valence-corrected chi connectivity index (χ3v) is 3.86. The molecule has 0 aromatic heterocycles. The second-order valence-corrected chi connectivity index (χ2v) is 5.68. The summed E-state index contributed by atoms with van der Waals surface area (Å²) < 4.78 is 4.89. The van der Waals surface area contributed by atoms with E-state index in [1.807, 2.05) is 31.2 Å². The molecule has 136 valence electrons. The topological polar surface area (TPSA) is 98.5 Å². The molecule has 2 rings (SSSR count). The molecule has 0 unspecified atom stereocenters. The Hall–Kier alpha value is -3.22. The summed E-state index contributed by atoms with van der Waals surface area (Å²) in [7, 11) is 0. The van der Waals surface area contributed by atoms with E-state index in [9.17, 15) is 19.7 Å². The van der Waals surface area contributed by atoms with Gasteiger partial charge in [0.15, 0.2) is 0 Å². The van der Waals surface area contributed by atoms with Crippen molar-refractivity contribution in [1.82, 2.24) is 0 Å². The highest BCUT2D eigenvalue weighted by Crippen LogP contribution is 2.26. The smallest absolute Gasteiger partial charge is 0.338 e. The zero-order valence-corrected chi connectivity index (χ0v) is 14.7. The van der Waals surface area contributed by atoms with Crippen LogP contribution in [0, 0.1) is 17.0 Å². The number of anilines is 1. The maximum Gasteiger partial charge on any atom is 0.338 e. The summed E-state index contributed by atoms with van der Waals surface area (Å²) in [5, 5.41) is 13.7. The Kier molecular flexibility index (Phi) is 6.43. The molecule has 0 aliphatic carbocycles. The van der Waals surface area contributed by atoms with E-state index in [0.717, 1.165) is 11.1 Å². The minimum absolute atomic E-state index is 0.0182. The second-order valence-electron chi connectivity index (χ2n) is 5.68. The van der Waals surface area contributed by atoms with Crippen molar-refractivity contribution in [3.8, 4) is 0 Å². The maximum atomic E-state index is 12.2. The first-order valence-corrected chi connectivity index (χ1v) is 8.22. The Morgan fingerprint density at radius 2 is 1.92 bits per heavy atom. The van der Waals surface area contributed by atoms with Crippen molar-refractivity contribution in [2.24, 2.45) is 0 Å². The van der Waals surface area contributed by atoms with Gasteiger partial charge in [-0.15, -0.1) is 0 Å². The van der Waals surface area contributed by atoms with Crippen LogP contribution in [0.1, 0.15) is 34.8 Å². The SMILES string of the molecule is CCOC(=O)c1ccc([N+](=O)[O-])c(NC(=O)CCc2ccccc2C)c1. The van der Waals surface area contributed by atoms with Gasteiger partial charge in [-0.1, -0.05) is 24.3 Å². The number of rotatable bonds is 7. The lowest BCUT2D eigenvalue weighted by Crippen LogP contribution is -2.15. The van der Waals surface area contributed by atoms with Crippen LogP contribution in [0.15, 0.2) is 42.5 Å². The molecule has 7 nitrogen and oxygen atoms in total. The van der Waals surface area contributed by atoms with Crippen LogP contribution in [0.4, 0.5) is 11.4 Å². The highest BCUT2D eigenvalue weighted by Gasteiger charge is 2.19. The predicted octanol–water partition coefficient (Wildman–Crippen LogP) is 3.65. The zero-order chi connectivity index (χ0) is 19.1. The van der Waals surface area contributed by atoms with Gasteiger partial charge in [-0.3, -0.25) is 14.9 Å². The quantitative estimate of drug-likeness (QED) is 0.464. The maximum absolute atomic E-state index is 12.2. The van der Waals surface area contributed by atoms with E-state index >= 15 is 0 Å². The van der Waals surface area contributed by atoms with Gasteiger partial charge in [0.05, 0.1) is 17.1 Å². The summed E-state index contributed by atoms with van der Waals surface area (Å²) in [5.74, 6) is -0.963. The number of aryl methyl sites for hydroxylation is 2. The standard InChI is InChI=1S/C19H20N2O5/c1-3-26-19(23)15-8-10-17(21(24)25)16(12-15)20-18(22)11-9-14-7-5-4-6-13(14)2/h4-8,10,12H,3,9,11H2,1-2H3,(H,20,22). The van der Waals surface area contributed by atoms with Crippen LogP contribution in [0.25, 0.3) is 0 Å². The monoisotopic (exact) mass is 356 g/mol. The minimum atomic E-state index is -0.605. The number of carbonyl (C=O) groups excluding carboxylic acids is 2. The molecule has 0 aliphatic rings. The fourth-order valence-corrected chi connectivity index (χ4v) is 2.49. The van der Waals surface area contributed by atoms with Gasteiger partial charge in [-0.25, -0.2) is 4.79 Å². The molecule has 0 saturated heterocycles. The zero-order valence-electron chi connectivity index (χ0n) is 14.7. The summed E-state index contributed by atoms with van der Waals surface area (Å²) in [6.07, 6.45) is 0.690. The van der Waals surface area contributed by atoms with E-state index in [-0.39, 0.29) is 35.9 Å². The second kappa shape index (κ2) is 8.75. The van der Waals surface area contributed by atoms with E-state index in [1.54, 1.807) is 6.92 Å². The fraction of sp³-hybridized carbons (Fsp3) is 0.263. The van der Waals surface area contributed by atoms with Crippen molar-refractivity contribution in [2.45, 2.75) is 26.7 Å². The van der Waals surface area contributed by atoms with Crippen LogP contribution in [-0.2, 0) is 16.0 Å². The van der Waals surface area contributed by atoms with Crippen LogP contribution < -0.4 is 5.32 Å². The van der Waals surface area contributed by atoms with E-state index in [4.69, 9.17) is 4.74 Å². The van der Waals surface area contributed by atoms with Gasteiger partial charge in [-0.05, 0) is 43.5 Å². The van der Waals surface area contributed by atoms with Gasteiger partial charge in [0.2, 0.25) is 5.91 Å². The fourth-order valence-electron chi connectivity index (χ4n) is 2.49. The summed E-state index contributed by atoms with van der Waals surface area (Å²) in [6.45, 7) is 3.81. The third-order valence-electron chi connectivity index (χ3n) is 3.86. The third kappa shape index (κ3) is 4.89. The Bertz CT molecular complexity index is 832. The molecule has 2 aromatic carbocycles. The van der Waals surface area contributed by atoms with Gasteiger partial charge < -0.3 is 10.1 Å². The average Bonchev–Trinajstić information content (AvgIpc) is 2.61. The molecule has 0 atom stereocenters. The molecule has 1 N–H and O–H groups in total. The number of nitro benzene ring substituents is 1. The van der Waals surface area contributed by atoms with Crippen molar-refractivity contribution in [2.75, 3.05) is 11.9 Å².